The number of thiophene rings is 1. The normalized spacial score (nSPS) is 10.2. The number of ether oxygens (including phenoxy) is 3. The van der Waals surface area contributed by atoms with Gasteiger partial charge in [0.25, 0.3) is 5.91 Å². The second-order valence-corrected chi connectivity index (χ2v) is 5.59. The zero-order valence-electron chi connectivity index (χ0n) is 13.1. The minimum absolute atomic E-state index is 0.217. The van der Waals surface area contributed by atoms with E-state index in [1.54, 1.807) is 23.5 Å². The van der Waals surface area contributed by atoms with Gasteiger partial charge < -0.3 is 19.5 Å². The highest BCUT2D eigenvalue weighted by Crippen LogP contribution is 2.39. The standard InChI is InChI=1S/C16H19NO4S/c1-10-7-8-22-13(10)9-17-16(18)11-5-6-12(19-2)15(21-4)14(11)20-3/h5-8H,9H2,1-4H3,(H,17,18). The SMILES string of the molecule is COc1ccc(C(=O)NCc2sccc2C)c(OC)c1OC. The van der Waals surface area contributed by atoms with E-state index in [4.69, 9.17) is 14.2 Å². The van der Waals surface area contributed by atoms with Gasteiger partial charge in [0.15, 0.2) is 11.5 Å². The molecule has 1 aromatic heterocycles. The average Bonchev–Trinajstić information content (AvgIpc) is 2.95. The number of hydrogen-bond donors (Lipinski definition) is 1. The summed E-state index contributed by atoms with van der Waals surface area (Å²) in [4.78, 5) is 13.5. The van der Waals surface area contributed by atoms with Crippen LogP contribution >= 0.6 is 11.3 Å². The Kier molecular flexibility index (Phi) is 5.27. The van der Waals surface area contributed by atoms with Gasteiger partial charge in [0.2, 0.25) is 5.75 Å². The summed E-state index contributed by atoms with van der Waals surface area (Å²) in [5.74, 6) is 1.07. The molecule has 0 bridgehead atoms. The van der Waals surface area contributed by atoms with Crippen LogP contribution in [0.25, 0.3) is 0 Å². The van der Waals surface area contributed by atoms with Crippen molar-refractivity contribution in [3.63, 3.8) is 0 Å². The van der Waals surface area contributed by atoms with Gasteiger partial charge in [-0.1, -0.05) is 0 Å². The highest BCUT2D eigenvalue weighted by molar-refractivity contribution is 7.10. The second-order valence-electron chi connectivity index (χ2n) is 4.59. The van der Waals surface area contributed by atoms with Crippen molar-refractivity contribution >= 4 is 17.2 Å². The highest BCUT2D eigenvalue weighted by Gasteiger charge is 2.20. The van der Waals surface area contributed by atoms with Gasteiger partial charge in [0.05, 0.1) is 33.4 Å². The third-order valence-corrected chi connectivity index (χ3v) is 4.35. The Labute approximate surface area is 133 Å². The zero-order valence-corrected chi connectivity index (χ0v) is 13.9. The lowest BCUT2D eigenvalue weighted by molar-refractivity contribution is 0.0947. The van der Waals surface area contributed by atoms with Crippen LogP contribution in [0.1, 0.15) is 20.8 Å². The summed E-state index contributed by atoms with van der Waals surface area (Å²) in [6.07, 6.45) is 0. The number of carbonyl (C=O) groups is 1. The number of carbonyl (C=O) groups excluding carboxylic acids is 1. The monoisotopic (exact) mass is 321 g/mol. The summed E-state index contributed by atoms with van der Waals surface area (Å²) in [5.41, 5.74) is 1.58. The van der Waals surface area contributed by atoms with Crippen molar-refractivity contribution in [3.05, 3.63) is 39.6 Å². The van der Waals surface area contributed by atoms with E-state index in [9.17, 15) is 4.79 Å². The fourth-order valence-corrected chi connectivity index (χ4v) is 2.97. The Morgan fingerprint density at radius 3 is 2.36 bits per heavy atom. The predicted octanol–water partition coefficient (Wildman–Crippen LogP) is 3.01. The number of benzene rings is 1. The van der Waals surface area contributed by atoms with Crippen LogP contribution in [0.4, 0.5) is 0 Å². The van der Waals surface area contributed by atoms with E-state index in [2.05, 4.69) is 5.32 Å². The van der Waals surface area contributed by atoms with Gasteiger partial charge in [-0.2, -0.15) is 0 Å². The number of aryl methyl sites for hydroxylation is 1. The first-order valence-corrected chi connectivity index (χ1v) is 7.60. The maximum atomic E-state index is 12.4. The van der Waals surface area contributed by atoms with E-state index in [-0.39, 0.29) is 5.91 Å². The van der Waals surface area contributed by atoms with E-state index in [0.717, 1.165) is 4.88 Å². The highest BCUT2D eigenvalue weighted by atomic mass is 32.1. The third kappa shape index (κ3) is 3.17. The summed E-state index contributed by atoms with van der Waals surface area (Å²) in [6.45, 7) is 2.51. The topological polar surface area (TPSA) is 56.8 Å². The molecule has 0 fully saturated rings. The van der Waals surface area contributed by atoms with Crippen molar-refractivity contribution in [2.75, 3.05) is 21.3 Å². The van der Waals surface area contributed by atoms with Gasteiger partial charge in [-0.25, -0.2) is 0 Å². The van der Waals surface area contributed by atoms with Crippen molar-refractivity contribution in [1.82, 2.24) is 5.32 Å². The first kappa shape index (κ1) is 16.2. The van der Waals surface area contributed by atoms with E-state index in [0.29, 0.717) is 29.4 Å². The summed E-state index contributed by atoms with van der Waals surface area (Å²) in [6, 6.07) is 5.38. The molecule has 0 saturated heterocycles. The van der Waals surface area contributed by atoms with Crippen LogP contribution in [0.3, 0.4) is 0 Å². The maximum Gasteiger partial charge on any atom is 0.255 e. The van der Waals surface area contributed by atoms with Crippen molar-refractivity contribution in [2.45, 2.75) is 13.5 Å². The van der Waals surface area contributed by atoms with Gasteiger partial charge >= 0.3 is 0 Å². The lowest BCUT2D eigenvalue weighted by Gasteiger charge is -2.15. The molecule has 1 amide bonds. The lowest BCUT2D eigenvalue weighted by Crippen LogP contribution is -2.23. The molecule has 118 valence electrons. The van der Waals surface area contributed by atoms with E-state index < -0.39 is 0 Å². The second kappa shape index (κ2) is 7.17. The largest absolute Gasteiger partial charge is 0.493 e. The minimum Gasteiger partial charge on any atom is -0.493 e. The lowest BCUT2D eigenvalue weighted by atomic mass is 10.1. The van der Waals surface area contributed by atoms with Gasteiger partial charge in [0.1, 0.15) is 0 Å². The Bertz CT molecular complexity index is 666. The third-order valence-electron chi connectivity index (χ3n) is 3.33. The zero-order chi connectivity index (χ0) is 16.1. The number of amides is 1. The van der Waals surface area contributed by atoms with Crippen LogP contribution in [-0.4, -0.2) is 27.2 Å². The van der Waals surface area contributed by atoms with Crippen LogP contribution in [-0.2, 0) is 6.54 Å². The van der Waals surface area contributed by atoms with Crippen LogP contribution in [0.15, 0.2) is 23.6 Å². The molecule has 1 aromatic carbocycles. The summed E-state index contributed by atoms with van der Waals surface area (Å²) in [7, 11) is 4.55. The predicted molar refractivity (Wildman–Crippen MR) is 86.3 cm³/mol. The van der Waals surface area contributed by atoms with E-state index in [1.807, 2.05) is 18.4 Å². The quantitative estimate of drug-likeness (QED) is 0.888. The molecule has 0 aliphatic carbocycles. The van der Waals surface area contributed by atoms with E-state index >= 15 is 0 Å². The smallest absolute Gasteiger partial charge is 0.255 e. The summed E-state index contributed by atoms with van der Waals surface area (Å²) >= 11 is 1.62. The molecule has 2 rings (SSSR count). The minimum atomic E-state index is -0.217. The molecule has 5 nitrogen and oxygen atoms in total. The van der Waals surface area contributed by atoms with Gasteiger partial charge in [-0.15, -0.1) is 11.3 Å². The molecule has 1 heterocycles. The van der Waals surface area contributed by atoms with E-state index in [1.165, 1.54) is 26.9 Å². The van der Waals surface area contributed by atoms with Crippen LogP contribution < -0.4 is 19.5 Å². The average molecular weight is 321 g/mol. The molecular weight excluding hydrogens is 302 g/mol. The van der Waals surface area contributed by atoms with Gasteiger partial charge in [-0.05, 0) is 36.1 Å². The summed E-state index contributed by atoms with van der Waals surface area (Å²) < 4.78 is 15.8. The Hall–Kier alpha value is -2.21. The van der Waals surface area contributed by atoms with Crippen molar-refractivity contribution in [3.8, 4) is 17.2 Å². The molecule has 0 atom stereocenters. The fraction of sp³-hybridized carbons (Fsp3) is 0.312. The molecular formula is C16H19NO4S. The summed E-state index contributed by atoms with van der Waals surface area (Å²) in [5, 5.41) is 4.91. The number of rotatable bonds is 6. The number of nitrogens with one attached hydrogen (secondary N) is 1. The molecule has 0 saturated carbocycles. The fourth-order valence-electron chi connectivity index (χ4n) is 2.12. The molecule has 22 heavy (non-hydrogen) atoms. The molecule has 6 heteroatoms. The van der Waals surface area contributed by atoms with Crippen LogP contribution in [0.2, 0.25) is 0 Å². The number of hydrogen-bond acceptors (Lipinski definition) is 5. The Morgan fingerprint density at radius 1 is 1.09 bits per heavy atom. The van der Waals surface area contributed by atoms with Crippen LogP contribution in [0.5, 0.6) is 17.2 Å². The first-order chi connectivity index (χ1) is 10.6. The Balaban J connectivity index is 2.24. The maximum absolute atomic E-state index is 12.4. The molecule has 0 aliphatic rings. The van der Waals surface area contributed by atoms with Crippen LogP contribution in [0, 0.1) is 6.92 Å². The first-order valence-electron chi connectivity index (χ1n) is 6.72. The molecule has 0 aliphatic heterocycles. The van der Waals surface area contributed by atoms with Gasteiger partial charge in [0, 0.05) is 4.88 Å². The molecule has 0 spiro atoms. The molecule has 0 radical (unpaired) electrons. The number of methoxy groups -OCH3 is 3. The van der Waals surface area contributed by atoms with Crippen molar-refractivity contribution < 1.29 is 19.0 Å². The van der Waals surface area contributed by atoms with Gasteiger partial charge in [-0.3, -0.25) is 4.79 Å². The molecule has 1 N–H and O–H groups in total. The van der Waals surface area contributed by atoms with Crippen molar-refractivity contribution in [1.29, 1.82) is 0 Å². The molecule has 2 aromatic rings. The van der Waals surface area contributed by atoms with Crippen molar-refractivity contribution in [2.24, 2.45) is 0 Å². The molecule has 0 unspecified atom stereocenters. The Morgan fingerprint density at radius 2 is 1.82 bits per heavy atom.